The first-order valence-electron chi connectivity index (χ1n) is 13.0. The van der Waals surface area contributed by atoms with Gasteiger partial charge in [0.15, 0.2) is 0 Å². The van der Waals surface area contributed by atoms with Crippen LogP contribution in [0.15, 0.2) is 18.3 Å². The summed E-state index contributed by atoms with van der Waals surface area (Å²) in [4.78, 5) is 19.7. The highest BCUT2D eigenvalue weighted by molar-refractivity contribution is 5.94. The lowest BCUT2D eigenvalue weighted by Gasteiger charge is -2.35. The Morgan fingerprint density at radius 2 is 2.03 bits per heavy atom. The van der Waals surface area contributed by atoms with Crippen molar-refractivity contribution < 1.29 is 13.9 Å². The third kappa shape index (κ3) is 3.57. The number of hydrogen-bond acceptors (Lipinski definition) is 5. The Labute approximate surface area is 204 Å². The van der Waals surface area contributed by atoms with Crippen LogP contribution in [-0.2, 0) is 12.8 Å². The zero-order valence-electron chi connectivity index (χ0n) is 19.7. The number of hydrogen-bond donors (Lipinski definition) is 1. The van der Waals surface area contributed by atoms with Crippen molar-refractivity contribution in [2.45, 2.75) is 56.9 Å². The summed E-state index contributed by atoms with van der Waals surface area (Å²) in [6.07, 6.45) is 9.03. The van der Waals surface area contributed by atoms with Crippen molar-refractivity contribution in [3.8, 4) is 11.8 Å². The number of amides is 1. The van der Waals surface area contributed by atoms with Gasteiger partial charge in [-0.1, -0.05) is 0 Å². The highest BCUT2D eigenvalue weighted by Gasteiger charge is 2.43. The monoisotopic (exact) mass is 472 g/mol. The molecule has 2 bridgehead atoms. The molecule has 2 aromatic rings. The average Bonchev–Trinajstić information content (AvgIpc) is 3.61. The van der Waals surface area contributed by atoms with Crippen LogP contribution in [0.25, 0.3) is 0 Å². The number of nitriles is 1. The van der Waals surface area contributed by atoms with E-state index in [9.17, 15) is 10.1 Å². The molecule has 0 spiro atoms. The normalized spacial score (nSPS) is 29.8. The number of carbonyl (C=O) groups excluding carboxylic acids is 1. The van der Waals surface area contributed by atoms with E-state index in [1.807, 2.05) is 12.1 Å². The van der Waals surface area contributed by atoms with Crippen molar-refractivity contribution in [2.75, 3.05) is 24.6 Å². The first-order chi connectivity index (χ1) is 17.1. The molecule has 3 aliphatic carbocycles. The number of nitrogens with zero attached hydrogens (tertiary/aromatic N) is 3. The Hall–Kier alpha value is -3.14. The molecule has 1 N–H and O–H groups in total. The Morgan fingerprint density at radius 3 is 2.83 bits per heavy atom. The summed E-state index contributed by atoms with van der Waals surface area (Å²) >= 11 is 0. The minimum absolute atomic E-state index is 0.0958. The minimum atomic E-state index is -0.507. The van der Waals surface area contributed by atoms with E-state index < -0.39 is 5.82 Å². The number of halogens is 1. The fourth-order valence-corrected chi connectivity index (χ4v) is 7.03. The van der Waals surface area contributed by atoms with Crippen LogP contribution in [0.5, 0.6) is 5.75 Å². The molecule has 6 nitrogen and oxygen atoms in total. The van der Waals surface area contributed by atoms with E-state index in [4.69, 9.17) is 4.74 Å². The fraction of sp³-hybridized carbons (Fsp3) is 0.536. The Balaban J connectivity index is 1.10. The molecule has 3 fully saturated rings. The average molecular weight is 473 g/mol. The smallest absolute Gasteiger partial charge is 0.253 e. The van der Waals surface area contributed by atoms with Crippen molar-refractivity contribution in [1.29, 1.82) is 5.26 Å². The molecule has 35 heavy (non-hydrogen) atoms. The lowest BCUT2D eigenvalue weighted by molar-refractivity contribution is 0.0914. The van der Waals surface area contributed by atoms with Gasteiger partial charge in [0.05, 0.1) is 17.3 Å². The van der Waals surface area contributed by atoms with Crippen LogP contribution in [0.2, 0.25) is 0 Å². The number of fused-ring (bicyclic) bond motifs is 6. The summed E-state index contributed by atoms with van der Waals surface area (Å²) in [6.45, 7) is 2.02. The molecule has 1 saturated heterocycles. The minimum Gasteiger partial charge on any atom is -0.491 e. The van der Waals surface area contributed by atoms with Crippen LogP contribution in [0.4, 0.5) is 10.1 Å². The molecule has 5 aliphatic rings. The first kappa shape index (κ1) is 21.2. The second-order valence-electron chi connectivity index (χ2n) is 11.2. The standard InChI is InChI=1S/C28H29FN4O2/c29-27-22-8-19(32-28(34)18-7-21-20-6-17(20)3-4-24(21)31-11-18)14-35-26(22)9-25(23(27)10-30)33-12-15-1-2-16(5-15)13-33/h7,9,11,15-17,19-20H,1-6,8,12-14H2,(H,32,34)/t15?,16?,17-,19+,20+/m0/s1. The summed E-state index contributed by atoms with van der Waals surface area (Å²) < 4.78 is 21.6. The van der Waals surface area contributed by atoms with Gasteiger partial charge in [-0.15, -0.1) is 0 Å². The van der Waals surface area contributed by atoms with Gasteiger partial charge in [0.1, 0.15) is 29.8 Å². The highest BCUT2D eigenvalue weighted by Crippen LogP contribution is 2.54. The van der Waals surface area contributed by atoms with Gasteiger partial charge in [-0.25, -0.2) is 4.39 Å². The largest absolute Gasteiger partial charge is 0.491 e. The lowest BCUT2D eigenvalue weighted by atomic mass is 9.94. The van der Waals surface area contributed by atoms with E-state index >= 15 is 4.39 Å². The van der Waals surface area contributed by atoms with Crippen LogP contribution < -0.4 is 15.0 Å². The molecule has 180 valence electrons. The molecule has 3 heterocycles. The van der Waals surface area contributed by atoms with Crippen LogP contribution in [-0.4, -0.2) is 36.6 Å². The molecular formula is C28H29FN4O2. The maximum absolute atomic E-state index is 15.6. The summed E-state index contributed by atoms with van der Waals surface area (Å²) in [7, 11) is 0. The number of rotatable bonds is 3. The van der Waals surface area contributed by atoms with E-state index in [-0.39, 0.29) is 24.1 Å². The fourth-order valence-electron chi connectivity index (χ4n) is 7.03. The third-order valence-electron chi connectivity index (χ3n) is 8.93. The molecule has 2 saturated carbocycles. The Kier molecular flexibility index (Phi) is 4.80. The summed E-state index contributed by atoms with van der Waals surface area (Å²) in [5, 5.41) is 12.8. The number of pyridine rings is 1. The molecule has 1 aromatic carbocycles. The van der Waals surface area contributed by atoms with E-state index in [2.05, 4.69) is 21.3 Å². The molecule has 1 aromatic heterocycles. The van der Waals surface area contributed by atoms with Crippen molar-refractivity contribution in [3.05, 3.63) is 52.1 Å². The number of benzene rings is 1. The summed E-state index contributed by atoms with van der Waals surface area (Å²) in [5.74, 6) is 2.36. The number of nitrogens with one attached hydrogen (secondary N) is 1. The molecule has 2 unspecified atom stereocenters. The van der Waals surface area contributed by atoms with Crippen LogP contribution >= 0.6 is 0 Å². The third-order valence-corrected chi connectivity index (χ3v) is 8.93. The molecule has 7 heteroatoms. The van der Waals surface area contributed by atoms with Gasteiger partial charge in [-0.3, -0.25) is 9.78 Å². The van der Waals surface area contributed by atoms with Gasteiger partial charge in [-0.05, 0) is 73.8 Å². The van der Waals surface area contributed by atoms with E-state index in [0.717, 1.165) is 31.1 Å². The van der Waals surface area contributed by atoms with E-state index in [1.54, 1.807) is 6.20 Å². The maximum Gasteiger partial charge on any atom is 0.253 e. The molecule has 7 rings (SSSR count). The predicted molar refractivity (Wildman–Crippen MR) is 128 cm³/mol. The number of piperidine rings is 1. The van der Waals surface area contributed by atoms with Crippen LogP contribution in [0, 0.1) is 34.9 Å². The number of aryl methyl sites for hydroxylation is 1. The molecule has 5 atom stereocenters. The van der Waals surface area contributed by atoms with Gasteiger partial charge >= 0.3 is 0 Å². The second kappa shape index (κ2) is 7.94. The van der Waals surface area contributed by atoms with Gasteiger partial charge in [-0.2, -0.15) is 5.26 Å². The first-order valence-corrected chi connectivity index (χ1v) is 13.0. The van der Waals surface area contributed by atoms with E-state index in [0.29, 0.717) is 46.7 Å². The predicted octanol–water partition coefficient (Wildman–Crippen LogP) is 4.11. The topological polar surface area (TPSA) is 78.3 Å². The van der Waals surface area contributed by atoms with Crippen LogP contribution in [0.3, 0.4) is 0 Å². The quantitative estimate of drug-likeness (QED) is 0.727. The number of carbonyl (C=O) groups is 1. The summed E-state index contributed by atoms with van der Waals surface area (Å²) in [6, 6.07) is 5.59. The van der Waals surface area contributed by atoms with Gasteiger partial charge in [0.2, 0.25) is 0 Å². The van der Waals surface area contributed by atoms with Gasteiger partial charge < -0.3 is 15.0 Å². The molecule has 1 amide bonds. The summed E-state index contributed by atoms with van der Waals surface area (Å²) in [5.41, 5.74) is 4.03. The van der Waals surface area contributed by atoms with Gasteiger partial charge in [0, 0.05) is 43.0 Å². The Morgan fingerprint density at radius 1 is 1.20 bits per heavy atom. The maximum atomic E-state index is 15.6. The zero-order valence-corrected chi connectivity index (χ0v) is 19.7. The lowest BCUT2D eigenvalue weighted by Crippen LogP contribution is -2.43. The van der Waals surface area contributed by atoms with Gasteiger partial charge in [0.25, 0.3) is 5.91 Å². The number of anilines is 1. The molecule has 2 aliphatic heterocycles. The molecule has 0 radical (unpaired) electrons. The van der Waals surface area contributed by atoms with Crippen molar-refractivity contribution in [1.82, 2.24) is 10.3 Å². The highest BCUT2D eigenvalue weighted by atomic mass is 19.1. The van der Waals surface area contributed by atoms with Crippen molar-refractivity contribution in [2.24, 2.45) is 17.8 Å². The molecular weight excluding hydrogens is 443 g/mol. The van der Waals surface area contributed by atoms with Crippen molar-refractivity contribution >= 4 is 11.6 Å². The Bertz CT molecular complexity index is 1260. The van der Waals surface area contributed by atoms with Crippen LogP contribution in [0.1, 0.15) is 70.8 Å². The second-order valence-corrected chi connectivity index (χ2v) is 11.2. The van der Waals surface area contributed by atoms with E-state index in [1.165, 1.54) is 37.7 Å². The number of aromatic nitrogens is 1. The zero-order chi connectivity index (χ0) is 23.7. The van der Waals surface area contributed by atoms with Crippen molar-refractivity contribution in [3.63, 3.8) is 0 Å². The SMILES string of the molecule is N#Cc1c(N2CC3CCC(C3)C2)cc2c(c1F)C[C@@H](NC(=O)c1cnc3c(c1)[C@@H]1C[C@@H]1CC3)CO2. The number of ether oxygens (including phenoxy) is 1.